The van der Waals surface area contributed by atoms with Gasteiger partial charge in [0.1, 0.15) is 17.4 Å². The lowest BCUT2D eigenvalue weighted by Crippen LogP contribution is -2.47. The summed E-state index contributed by atoms with van der Waals surface area (Å²) in [6, 6.07) is 2.66. The van der Waals surface area contributed by atoms with Crippen LogP contribution in [0.15, 0.2) is 30.1 Å². The summed E-state index contributed by atoms with van der Waals surface area (Å²) < 4.78 is 11.3. The highest BCUT2D eigenvalue weighted by Crippen LogP contribution is 2.67. The smallest absolute Gasteiger partial charge is 0.274 e. The van der Waals surface area contributed by atoms with Gasteiger partial charge in [0.2, 0.25) is 11.7 Å². The maximum absolute atomic E-state index is 14.3. The van der Waals surface area contributed by atoms with Gasteiger partial charge in [0, 0.05) is 68.4 Å². The van der Waals surface area contributed by atoms with Crippen molar-refractivity contribution in [2.45, 2.75) is 56.6 Å². The number of Topliss-reactive ketones (excluding diaryl/α,β-unsaturated/α-hetero) is 1. The van der Waals surface area contributed by atoms with Gasteiger partial charge in [-0.2, -0.15) is 0 Å². The van der Waals surface area contributed by atoms with Gasteiger partial charge in [0.15, 0.2) is 23.4 Å². The van der Waals surface area contributed by atoms with Crippen LogP contribution in [0.4, 0.5) is 5.69 Å². The van der Waals surface area contributed by atoms with Crippen LogP contribution in [0.25, 0.3) is 10.9 Å². The quantitative estimate of drug-likeness (QED) is 0.249. The summed E-state index contributed by atoms with van der Waals surface area (Å²) in [5.41, 5.74) is 6.36. The van der Waals surface area contributed by atoms with E-state index in [4.69, 9.17) is 9.47 Å². The normalized spacial score (nSPS) is 26.5. The number of hydrogen-bond acceptors (Lipinski definition) is 8. The van der Waals surface area contributed by atoms with Crippen LogP contribution in [0.5, 0.6) is 11.5 Å². The van der Waals surface area contributed by atoms with Crippen LogP contribution in [-0.4, -0.2) is 99.0 Å². The van der Waals surface area contributed by atoms with E-state index in [1.807, 2.05) is 13.1 Å². The molecule has 3 aliphatic heterocycles. The van der Waals surface area contributed by atoms with Crippen molar-refractivity contribution < 1.29 is 38.6 Å². The number of H-pyrrole nitrogens is 3. The summed E-state index contributed by atoms with van der Waals surface area (Å²) in [5.74, 6) is -1.50. The summed E-state index contributed by atoms with van der Waals surface area (Å²) in [6.45, 7) is 4.60. The molecule has 6 heterocycles. The van der Waals surface area contributed by atoms with Gasteiger partial charge < -0.3 is 44.2 Å². The number of aromatic amines is 3. The summed E-state index contributed by atoms with van der Waals surface area (Å²) in [6.07, 6.45) is 4.31. The van der Waals surface area contributed by atoms with E-state index in [9.17, 15) is 29.1 Å². The highest BCUT2D eigenvalue weighted by molar-refractivity contribution is 6.10. The molecule has 5 atom stereocenters. The minimum Gasteiger partial charge on any atom is -0.503 e. The molecule has 6 aliphatic rings. The number of aromatic nitrogens is 3. The summed E-state index contributed by atoms with van der Waals surface area (Å²) in [5, 5.41) is 11.8. The Morgan fingerprint density at radius 1 is 1.04 bits per heavy atom. The van der Waals surface area contributed by atoms with Gasteiger partial charge in [0.25, 0.3) is 11.8 Å². The fourth-order valence-electron chi connectivity index (χ4n) is 10.3. The average Bonchev–Trinajstić information content (AvgIpc) is 3.85. The van der Waals surface area contributed by atoms with Gasteiger partial charge in [-0.1, -0.05) is 0 Å². The molecule has 4 N–H and O–H groups in total. The Morgan fingerprint density at radius 3 is 2.58 bits per heavy atom. The Bertz CT molecular complexity index is 2400. The largest absolute Gasteiger partial charge is 0.503 e. The molecule has 2 saturated heterocycles. The molecule has 266 valence electrons. The molecule has 3 aliphatic carbocycles. The predicted molar refractivity (Wildman–Crippen MR) is 185 cm³/mol. The maximum atomic E-state index is 14.3. The minimum atomic E-state index is -1.02. The van der Waals surface area contributed by atoms with Crippen LogP contribution in [0.3, 0.4) is 0 Å². The number of benzene rings is 1. The highest BCUT2D eigenvalue weighted by atomic mass is 16.5. The Labute approximate surface area is 296 Å². The van der Waals surface area contributed by atoms with E-state index in [2.05, 4.69) is 15.0 Å². The van der Waals surface area contributed by atoms with Crippen LogP contribution in [0.2, 0.25) is 0 Å². The molecule has 52 heavy (non-hydrogen) atoms. The zero-order chi connectivity index (χ0) is 36.1. The van der Waals surface area contributed by atoms with Gasteiger partial charge >= 0.3 is 0 Å². The fourth-order valence-corrected chi connectivity index (χ4v) is 10.3. The van der Waals surface area contributed by atoms with Crippen molar-refractivity contribution in [3.63, 3.8) is 0 Å². The molecule has 14 nitrogen and oxygen atoms in total. The molecule has 14 heteroatoms. The maximum Gasteiger partial charge on any atom is 0.274 e. The molecule has 3 fully saturated rings. The Balaban J connectivity index is 0.976. The Morgan fingerprint density at radius 2 is 1.83 bits per heavy atom. The van der Waals surface area contributed by atoms with Crippen molar-refractivity contribution in [2.75, 3.05) is 38.8 Å². The van der Waals surface area contributed by atoms with Crippen molar-refractivity contribution in [2.24, 2.45) is 5.92 Å². The number of amides is 3. The second-order valence-electron chi connectivity index (χ2n) is 14.9. The second kappa shape index (κ2) is 10.2. The number of rotatable bonds is 4. The molecule has 1 spiro atoms. The lowest BCUT2D eigenvalue weighted by Gasteiger charge is -2.34. The molecule has 3 amide bonds. The van der Waals surface area contributed by atoms with Crippen LogP contribution in [-0.2, 0) is 26.2 Å². The number of ketones is 2. The van der Waals surface area contributed by atoms with Crippen molar-refractivity contribution in [1.29, 1.82) is 0 Å². The molecule has 4 aromatic rings. The SMILES string of the molecule is COc1c(O)c2c(c3cc(C(=O)N4CCC5c6cc(C(=O)N7CC8CC89C7=CC(=O)c7[nH]cc(C)c79)[nH]c6C(OC)C(=O)C54)[nH]c13)CCN2C(C)=O. The van der Waals surface area contributed by atoms with Gasteiger partial charge in [-0.05, 0) is 66.5 Å². The van der Waals surface area contributed by atoms with E-state index in [-0.39, 0.29) is 57.8 Å². The number of likely N-dealkylation sites (tertiary alicyclic amines) is 2. The third kappa shape index (κ3) is 3.69. The number of carbonyl (C=O) groups excluding carboxylic acids is 5. The van der Waals surface area contributed by atoms with E-state index in [0.717, 1.165) is 34.4 Å². The van der Waals surface area contributed by atoms with Crippen LogP contribution in [0.1, 0.15) is 91.2 Å². The number of nitrogens with zero attached hydrogens (tertiary/aromatic N) is 3. The molecule has 0 bridgehead atoms. The zero-order valence-electron chi connectivity index (χ0n) is 29.0. The number of piperidine rings is 1. The van der Waals surface area contributed by atoms with E-state index >= 15 is 0 Å². The van der Waals surface area contributed by atoms with Gasteiger partial charge in [-0.3, -0.25) is 24.0 Å². The monoisotopic (exact) mass is 704 g/mol. The lowest BCUT2D eigenvalue weighted by atomic mass is 9.80. The fraction of sp³-hybridized carbons (Fsp3) is 0.395. The summed E-state index contributed by atoms with van der Waals surface area (Å²) >= 11 is 0. The van der Waals surface area contributed by atoms with Crippen molar-refractivity contribution in [3.8, 4) is 11.5 Å². The van der Waals surface area contributed by atoms with Crippen molar-refractivity contribution in [1.82, 2.24) is 24.8 Å². The number of nitrogens with one attached hydrogen (secondary N) is 3. The van der Waals surface area contributed by atoms with E-state index in [1.54, 1.807) is 28.0 Å². The number of aryl methyl sites for hydroxylation is 1. The first-order valence-electron chi connectivity index (χ1n) is 17.6. The molecular weight excluding hydrogens is 668 g/mol. The molecular formula is C38H36N6O8. The predicted octanol–water partition coefficient (Wildman–Crippen LogP) is 3.52. The number of allylic oxidation sites excluding steroid dienone is 2. The van der Waals surface area contributed by atoms with E-state index in [1.165, 1.54) is 26.0 Å². The molecule has 10 rings (SSSR count). The third-order valence-corrected chi connectivity index (χ3v) is 12.5. The van der Waals surface area contributed by atoms with Gasteiger partial charge in [-0.25, -0.2) is 0 Å². The number of hydrogen-bond donors (Lipinski definition) is 4. The first-order chi connectivity index (χ1) is 25.0. The van der Waals surface area contributed by atoms with E-state index in [0.29, 0.717) is 66.1 Å². The summed E-state index contributed by atoms with van der Waals surface area (Å²) in [7, 11) is 2.85. The van der Waals surface area contributed by atoms with Crippen molar-refractivity contribution in [3.05, 3.63) is 75.1 Å². The molecule has 5 unspecified atom stereocenters. The number of methoxy groups -OCH3 is 2. The number of anilines is 1. The second-order valence-corrected chi connectivity index (χ2v) is 14.9. The van der Waals surface area contributed by atoms with Crippen LogP contribution in [0, 0.1) is 12.8 Å². The Hall–Kier alpha value is -5.63. The van der Waals surface area contributed by atoms with Gasteiger partial charge in [0.05, 0.1) is 29.7 Å². The van der Waals surface area contributed by atoms with Crippen LogP contribution >= 0.6 is 0 Å². The molecule has 1 saturated carbocycles. The Kier molecular flexibility index (Phi) is 6.13. The van der Waals surface area contributed by atoms with Crippen molar-refractivity contribution >= 4 is 45.9 Å². The number of ether oxygens (including phenoxy) is 2. The minimum absolute atomic E-state index is 0.126. The standard InChI is InChI=1S/C38H36N6O8/c1-15-13-39-29-24(46)11-25-38(26(15)29)12-17(38)14-44(25)37(50)23-10-21-19-6-8-43(31(19)33(48)35(52-4)28(21)41-23)36(49)22-9-20-18-5-7-42(16(2)45)30(18)32(47)34(51-3)27(20)40-22/h9-11,13,17,19,31,35,39-41,47H,5-8,12,14H2,1-4H3. The molecule has 1 aromatic carbocycles. The topological polar surface area (TPSA) is 181 Å². The van der Waals surface area contributed by atoms with Gasteiger partial charge in [-0.15, -0.1) is 0 Å². The zero-order valence-corrected chi connectivity index (χ0v) is 29.0. The number of aromatic hydroxyl groups is 1. The number of phenols is 1. The number of fused-ring (bicyclic) bond motifs is 7. The summed E-state index contributed by atoms with van der Waals surface area (Å²) in [4.78, 5) is 82.4. The highest BCUT2D eigenvalue weighted by Gasteiger charge is 2.68. The number of phenolic OH excluding ortho intramolecular Hbond substituents is 1. The third-order valence-electron chi connectivity index (χ3n) is 12.5. The van der Waals surface area contributed by atoms with Crippen LogP contribution < -0.4 is 9.64 Å². The lowest BCUT2D eigenvalue weighted by molar-refractivity contribution is -0.134. The number of carbonyl (C=O) groups is 5. The molecule has 3 aromatic heterocycles. The average molecular weight is 705 g/mol. The van der Waals surface area contributed by atoms with E-state index < -0.39 is 18.1 Å². The first kappa shape index (κ1) is 31.1. The molecule has 0 radical (unpaired) electrons. The first-order valence-corrected chi connectivity index (χ1v) is 17.6.